The van der Waals surface area contributed by atoms with E-state index in [9.17, 15) is 14.4 Å². The van der Waals surface area contributed by atoms with Crippen molar-refractivity contribution in [1.82, 2.24) is 15.7 Å². The highest BCUT2D eigenvalue weighted by Gasteiger charge is 2.33. The Labute approximate surface area is 168 Å². The summed E-state index contributed by atoms with van der Waals surface area (Å²) < 4.78 is 0. The first-order valence-corrected chi connectivity index (χ1v) is 8.65. The van der Waals surface area contributed by atoms with Crippen LogP contribution in [0.5, 0.6) is 0 Å². The molecule has 8 nitrogen and oxygen atoms in total. The summed E-state index contributed by atoms with van der Waals surface area (Å²) in [6, 6.07) is 12.6. The molecule has 1 atom stereocenters. The van der Waals surface area contributed by atoms with Gasteiger partial charge in [-0.05, 0) is 35.4 Å². The van der Waals surface area contributed by atoms with Crippen LogP contribution >= 0.6 is 0 Å². The molecular weight excluding hydrogens is 374 g/mol. The number of likely N-dealkylation sites (N-methyl/N-ethyl adjacent to an activating group) is 2. The normalized spacial score (nSPS) is 10.9. The van der Waals surface area contributed by atoms with Crippen LogP contribution in [-0.4, -0.2) is 59.7 Å². The topological polar surface area (TPSA) is 119 Å². The van der Waals surface area contributed by atoms with Crippen molar-refractivity contribution in [2.24, 2.45) is 0 Å². The van der Waals surface area contributed by atoms with Gasteiger partial charge in [0, 0.05) is 25.2 Å². The molecule has 0 aliphatic carbocycles. The SMILES string of the molecule is CNC(=O)C(C(=O)NO)N(C)C(=O)c1ccc(-c2ccc(C#CCO)cc2)cc1. The van der Waals surface area contributed by atoms with Gasteiger partial charge < -0.3 is 15.3 Å². The molecule has 0 saturated heterocycles. The lowest BCUT2D eigenvalue weighted by Crippen LogP contribution is -2.54. The standard InChI is InChI=1S/C21H21N3O5/c1-22-19(26)18(20(27)23-29)24(2)21(28)17-11-9-16(10-12-17)15-7-5-14(6-8-15)4-3-13-25/h5-12,18,25,29H,13H2,1-2H3,(H,22,26)(H,23,27). The van der Waals surface area contributed by atoms with Crippen molar-refractivity contribution in [3.05, 3.63) is 59.7 Å². The lowest BCUT2D eigenvalue weighted by Gasteiger charge is -2.25. The van der Waals surface area contributed by atoms with Gasteiger partial charge in [-0.3, -0.25) is 19.6 Å². The number of nitrogens with zero attached hydrogens (tertiary/aromatic N) is 1. The molecule has 0 aromatic heterocycles. The van der Waals surface area contributed by atoms with E-state index >= 15 is 0 Å². The van der Waals surface area contributed by atoms with E-state index in [-0.39, 0.29) is 12.2 Å². The summed E-state index contributed by atoms with van der Waals surface area (Å²) >= 11 is 0. The molecule has 0 aliphatic heterocycles. The molecule has 2 rings (SSSR count). The third kappa shape index (κ3) is 5.19. The Bertz CT molecular complexity index is 927. The largest absolute Gasteiger partial charge is 0.384 e. The predicted octanol–water partition coefficient (Wildman–Crippen LogP) is 0.389. The number of benzene rings is 2. The Hall–Kier alpha value is -3.67. The number of hydrogen-bond donors (Lipinski definition) is 4. The zero-order valence-electron chi connectivity index (χ0n) is 16.0. The van der Waals surface area contributed by atoms with Crippen LogP contribution in [-0.2, 0) is 9.59 Å². The number of carbonyl (C=O) groups excluding carboxylic acids is 3. The Morgan fingerprint density at radius 3 is 2.03 bits per heavy atom. The predicted molar refractivity (Wildman–Crippen MR) is 106 cm³/mol. The number of hydroxylamine groups is 1. The number of amides is 3. The second-order valence-corrected chi connectivity index (χ2v) is 6.02. The molecule has 0 radical (unpaired) electrons. The van der Waals surface area contributed by atoms with Crippen molar-refractivity contribution in [2.45, 2.75) is 6.04 Å². The molecule has 8 heteroatoms. The monoisotopic (exact) mass is 395 g/mol. The van der Waals surface area contributed by atoms with Gasteiger partial charge in [-0.1, -0.05) is 36.1 Å². The molecule has 150 valence electrons. The number of nitrogens with one attached hydrogen (secondary N) is 2. The van der Waals surface area contributed by atoms with E-state index in [1.807, 2.05) is 24.3 Å². The average Bonchev–Trinajstić information content (AvgIpc) is 2.77. The molecule has 0 fully saturated rings. The van der Waals surface area contributed by atoms with Crippen molar-refractivity contribution in [2.75, 3.05) is 20.7 Å². The molecule has 0 heterocycles. The van der Waals surface area contributed by atoms with Crippen molar-refractivity contribution in [1.29, 1.82) is 0 Å². The summed E-state index contributed by atoms with van der Waals surface area (Å²) in [5.41, 5.74) is 4.23. The van der Waals surface area contributed by atoms with E-state index in [1.54, 1.807) is 24.3 Å². The molecule has 2 aromatic rings. The average molecular weight is 395 g/mol. The maximum Gasteiger partial charge on any atom is 0.275 e. The third-order valence-electron chi connectivity index (χ3n) is 4.22. The maximum atomic E-state index is 12.7. The van der Waals surface area contributed by atoms with Gasteiger partial charge in [-0.25, -0.2) is 5.48 Å². The van der Waals surface area contributed by atoms with Crippen LogP contribution in [0.15, 0.2) is 48.5 Å². The molecule has 0 bridgehead atoms. The first-order chi connectivity index (χ1) is 13.9. The lowest BCUT2D eigenvalue weighted by molar-refractivity contribution is -0.140. The number of carbonyl (C=O) groups is 3. The zero-order chi connectivity index (χ0) is 21.4. The van der Waals surface area contributed by atoms with Crippen LogP contribution in [0, 0.1) is 11.8 Å². The fourth-order valence-corrected chi connectivity index (χ4v) is 2.68. The summed E-state index contributed by atoms with van der Waals surface area (Å²) in [5, 5.41) is 19.9. The van der Waals surface area contributed by atoms with Gasteiger partial charge in [-0.15, -0.1) is 0 Å². The van der Waals surface area contributed by atoms with Crippen LogP contribution in [0.25, 0.3) is 11.1 Å². The third-order valence-corrected chi connectivity index (χ3v) is 4.22. The minimum absolute atomic E-state index is 0.202. The number of rotatable bonds is 5. The molecule has 3 amide bonds. The highest BCUT2D eigenvalue weighted by atomic mass is 16.5. The van der Waals surface area contributed by atoms with Gasteiger partial charge >= 0.3 is 0 Å². The molecule has 4 N–H and O–H groups in total. The van der Waals surface area contributed by atoms with Gasteiger partial charge in [0.1, 0.15) is 6.61 Å². The molecule has 0 saturated carbocycles. The van der Waals surface area contributed by atoms with E-state index in [1.165, 1.54) is 19.6 Å². The summed E-state index contributed by atoms with van der Waals surface area (Å²) in [5.74, 6) is 3.10. The van der Waals surface area contributed by atoms with Gasteiger partial charge in [0.15, 0.2) is 6.04 Å². The quantitative estimate of drug-likeness (QED) is 0.253. The highest BCUT2D eigenvalue weighted by Crippen LogP contribution is 2.21. The van der Waals surface area contributed by atoms with E-state index in [4.69, 9.17) is 10.3 Å². The second kappa shape index (κ2) is 10.0. The first kappa shape index (κ1) is 21.6. The number of hydrogen-bond acceptors (Lipinski definition) is 5. The minimum atomic E-state index is -1.51. The van der Waals surface area contributed by atoms with Crippen molar-refractivity contribution >= 4 is 17.7 Å². The van der Waals surface area contributed by atoms with Crippen LogP contribution in [0.2, 0.25) is 0 Å². The fraction of sp³-hybridized carbons (Fsp3) is 0.190. The minimum Gasteiger partial charge on any atom is -0.384 e. The Morgan fingerprint density at radius 2 is 1.55 bits per heavy atom. The van der Waals surface area contributed by atoms with Crippen LogP contribution < -0.4 is 10.8 Å². The summed E-state index contributed by atoms with van der Waals surface area (Å²) in [7, 11) is 2.63. The van der Waals surface area contributed by atoms with E-state index in [0.717, 1.165) is 21.6 Å². The van der Waals surface area contributed by atoms with Crippen LogP contribution in [0.4, 0.5) is 0 Å². The second-order valence-electron chi connectivity index (χ2n) is 6.02. The van der Waals surface area contributed by atoms with Crippen molar-refractivity contribution < 1.29 is 24.7 Å². The zero-order valence-corrected chi connectivity index (χ0v) is 16.0. The Balaban J connectivity index is 2.21. The Morgan fingerprint density at radius 1 is 1.00 bits per heavy atom. The maximum absolute atomic E-state index is 12.7. The number of aliphatic hydroxyl groups is 1. The highest BCUT2D eigenvalue weighted by molar-refractivity contribution is 6.08. The number of aliphatic hydroxyl groups excluding tert-OH is 1. The van der Waals surface area contributed by atoms with Gasteiger partial charge in [-0.2, -0.15) is 0 Å². The van der Waals surface area contributed by atoms with Crippen LogP contribution in [0.3, 0.4) is 0 Å². The van der Waals surface area contributed by atoms with Gasteiger partial charge in [0.25, 0.3) is 17.7 Å². The molecule has 2 aromatic carbocycles. The van der Waals surface area contributed by atoms with E-state index < -0.39 is 23.8 Å². The molecule has 29 heavy (non-hydrogen) atoms. The summed E-state index contributed by atoms with van der Waals surface area (Å²) in [6.45, 7) is -0.202. The molecule has 0 aliphatic rings. The summed E-state index contributed by atoms with van der Waals surface area (Å²) in [6.07, 6.45) is 0. The molecule has 0 spiro atoms. The van der Waals surface area contributed by atoms with E-state index in [0.29, 0.717) is 0 Å². The Kier molecular flexibility index (Phi) is 7.48. The lowest BCUT2D eigenvalue weighted by atomic mass is 10.0. The van der Waals surface area contributed by atoms with Gasteiger partial charge in [0.05, 0.1) is 0 Å². The van der Waals surface area contributed by atoms with Crippen molar-refractivity contribution in [3.63, 3.8) is 0 Å². The summed E-state index contributed by atoms with van der Waals surface area (Å²) in [4.78, 5) is 37.3. The van der Waals surface area contributed by atoms with Gasteiger partial charge in [0.2, 0.25) is 0 Å². The first-order valence-electron chi connectivity index (χ1n) is 8.65. The van der Waals surface area contributed by atoms with Crippen LogP contribution in [0.1, 0.15) is 15.9 Å². The smallest absolute Gasteiger partial charge is 0.275 e. The van der Waals surface area contributed by atoms with Crippen molar-refractivity contribution in [3.8, 4) is 23.0 Å². The molecule has 1 unspecified atom stereocenters. The molecular formula is C21H21N3O5. The fourth-order valence-electron chi connectivity index (χ4n) is 2.68. The van der Waals surface area contributed by atoms with E-state index in [2.05, 4.69) is 17.2 Å².